The summed E-state index contributed by atoms with van der Waals surface area (Å²) in [6, 6.07) is 0.674. The quantitative estimate of drug-likeness (QED) is 0.775. The Morgan fingerprint density at radius 3 is 2.64 bits per heavy atom. The van der Waals surface area contributed by atoms with Crippen molar-refractivity contribution < 1.29 is 9.53 Å². The molecule has 2 N–H and O–H groups in total. The SMILES string of the molecule is Cc1[nH]cnc1CN1CCC(N2CCC(C(=O)NC[C@@H]3CCCO3)CC2)CC1. The highest BCUT2D eigenvalue weighted by Gasteiger charge is 2.31. The molecule has 7 nitrogen and oxygen atoms in total. The van der Waals surface area contributed by atoms with E-state index in [0.29, 0.717) is 12.6 Å². The van der Waals surface area contributed by atoms with Crippen LogP contribution in [-0.4, -0.2) is 77.2 Å². The van der Waals surface area contributed by atoms with Crippen molar-refractivity contribution in [3.8, 4) is 0 Å². The number of aromatic nitrogens is 2. The number of aromatic amines is 1. The van der Waals surface area contributed by atoms with Crippen molar-refractivity contribution in [2.75, 3.05) is 39.3 Å². The van der Waals surface area contributed by atoms with E-state index in [0.717, 1.165) is 65.0 Å². The van der Waals surface area contributed by atoms with Gasteiger partial charge in [-0.3, -0.25) is 9.69 Å². The fourth-order valence-corrected chi connectivity index (χ4v) is 4.89. The summed E-state index contributed by atoms with van der Waals surface area (Å²) in [5, 5.41) is 3.12. The fourth-order valence-electron chi connectivity index (χ4n) is 4.89. The number of carbonyl (C=O) groups is 1. The van der Waals surface area contributed by atoms with Gasteiger partial charge in [-0.2, -0.15) is 0 Å². The van der Waals surface area contributed by atoms with Crippen LogP contribution in [0.4, 0.5) is 0 Å². The summed E-state index contributed by atoms with van der Waals surface area (Å²) < 4.78 is 5.60. The number of likely N-dealkylation sites (tertiary alicyclic amines) is 2. The van der Waals surface area contributed by atoms with Crippen LogP contribution >= 0.6 is 0 Å². The van der Waals surface area contributed by atoms with Crippen LogP contribution in [0.2, 0.25) is 0 Å². The normalized spacial score (nSPS) is 26.0. The first-order chi connectivity index (χ1) is 13.7. The van der Waals surface area contributed by atoms with Crippen molar-refractivity contribution in [2.45, 2.75) is 64.1 Å². The topological polar surface area (TPSA) is 73.5 Å². The van der Waals surface area contributed by atoms with Crippen LogP contribution in [0.25, 0.3) is 0 Å². The number of imidazole rings is 1. The predicted molar refractivity (Wildman–Crippen MR) is 108 cm³/mol. The molecule has 0 aromatic carbocycles. The Labute approximate surface area is 168 Å². The van der Waals surface area contributed by atoms with Crippen LogP contribution in [0.1, 0.15) is 49.9 Å². The predicted octanol–water partition coefficient (Wildman–Crippen LogP) is 1.69. The zero-order chi connectivity index (χ0) is 19.3. The molecule has 0 aliphatic carbocycles. The Balaban J connectivity index is 1.15. The summed E-state index contributed by atoms with van der Waals surface area (Å²) in [6.45, 7) is 8.97. The number of carbonyl (C=O) groups excluding carboxylic acids is 1. The maximum absolute atomic E-state index is 12.5. The van der Waals surface area contributed by atoms with Crippen molar-refractivity contribution in [3.63, 3.8) is 0 Å². The van der Waals surface area contributed by atoms with Crippen LogP contribution in [-0.2, 0) is 16.1 Å². The van der Waals surface area contributed by atoms with Gasteiger partial charge in [0.15, 0.2) is 0 Å². The van der Waals surface area contributed by atoms with Gasteiger partial charge in [0.25, 0.3) is 0 Å². The number of nitrogens with one attached hydrogen (secondary N) is 2. The number of hydrogen-bond acceptors (Lipinski definition) is 5. The first-order valence-corrected chi connectivity index (χ1v) is 11.0. The molecule has 3 aliphatic heterocycles. The molecule has 3 aliphatic rings. The second-order valence-corrected chi connectivity index (χ2v) is 8.67. The number of nitrogens with zero attached hydrogens (tertiary/aromatic N) is 3. The molecule has 1 amide bonds. The van der Waals surface area contributed by atoms with Crippen LogP contribution in [0, 0.1) is 12.8 Å². The van der Waals surface area contributed by atoms with Crippen LogP contribution in [0.5, 0.6) is 0 Å². The lowest BCUT2D eigenvalue weighted by Gasteiger charge is -2.41. The maximum atomic E-state index is 12.5. The zero-order valence-corrected chi connectivity index (χ0v) is 17.2. The number of ether oxygens (including phenoxy) is 1. The van der Waals surface area contributed by atoms with E-state index in [2.05, 4.69) is 32.0 Å². The second kappa shape index (κ2) is 9.37. The zero-order valence-electron chi connectivity index (χ0n) is 17.2. The van der Waals surface area contributed by atoms with Gasteiger partial charge >= 0.3 is 0 Å². The molecule has 3 saturated heterocycles. The molecule has 0 saturated carbocycles. The van der Waals surface area contributed by atoms with Crippen LogP contribution in [0.15, 0.2) is 6.33 Å². The van der Waals surface area contributed by atoms with E-state index in [4.69, 9.17) is 4.74 Å². The average Bonchev–Trinajstić information content (AvgIpc) is 3.39. The fraction of sp³-hybridized carbons (Fsp3) is 0.810. The number of aryl methyl sites for hydroxylation is 1. The van der Waals surface area contributed by atoms with Gasteiger partial charge in [-0.15, -0.1) is 0 Å². The molecule has 0 radical (unpaired) electrons. The summed E-state index contributed by atoms with van der Waals surface area (Å²) in [7, 11) is 0. The maximum Gasteiger partial charge on any atom is 0.223 e. The first kappa shape index (κ1) is 19.9. The number of H-pyrrole nitrogens is 1. The number of piperidine rings is 2. The highest BCUT2D eigenvalue weighted by molar-refractivity contribution is 5.78. The Morgan fingerprint density at radius 1 is 1.21 bits per heavy atom. The van der Waals surface area contributed by atoms with Gasteiger partial charge in [-0.05, 0) is 58.5 Å². The summed E-state index contributed by atoms with van der Waals surface area (Å²) in [4.78, 5) is 25.2. The van der Waals surface area contributed by atoms with E-state index in [1.54, 1.807) is 6.33 Å². The lowest BCUT2D eigenvalue weighted by Crippen LogP contribution is -2.49. The smallest absolute Gasteiger partial charge is 0.223 e. The lowest BCUT2D eigenvalue weighted by molar-refractivity contribution is -0.127. The lowest BCUT2D eigenvalue weighted by atomic mass is 9.92. The molecule has 1 atom stereocenters. The minimum Gasteiger partial charge on any atom is -0.376 e. The van der Waals surface area contributed by atoms with E-state index in [1.165, 1.54) is 24.2 Å². The van der Waals surface area contributed by atoms with Crippen molar-refractivity contribution in [1.29, 1.82) is 0 Å². The molecular formula is C21H35N5O2. The molecule has 0 spiro atoms. The van der Waals surface area contributed by atoms with Gasteiger partial charge in [-0.25, -0.2) is 4.98 Å². The van der Waals surface area contributed by atoms with Gasteiger partial charge in [0.2, 0.25) is 5.91 Å². The molecule has 7 heteroatoms. The Morgan fingerprint density at radius 2 is 2.00 bits per heavy atom. The molecule has 4 rings (SSSR count). The molecule has 3 fully saturated rings. The van der Waals surface area contributed by atoms with Crippen LogP contribution < -0.4 is 5.32 Å². The third kappa shape index (κ3) is 4.93. The van der Waals surface area contributed by atoms with Gasteiger partial charge in [0.1, 0.15) is 0 Å². The highest BCUT2D eigenvalue weighted by Crippen LogP contribution is 2.25. The summed E-state index contributed by atoms with van der Waals surface area (Å²) in [5.74, 6) is 0.416. The molecule has 156 valence electrons. The van der Waals surface area contributed by atoms with Gasteiger partial charge in [0.05, 0.1) is 18.1 Å². The van der Waals surface area contributed by atoms with E-state index >= 15 is 0 Å². The van der Waals surface area contributed by atoms with Gasteiger partial charge in [-0.1, -0.05) is 0 Å². The summed E-state index contributed by atoms with van der Waals surface area (Å²) in [6.07, 6.45) is 8.65. The minimum absolute atomic E-state index is 0.181. The van der Waals surface area contributed by atoms with Gasteiger partial charge in [0, 0.05) is 50.4 Å². The third-order valence-electron chi connectivity index (χ3n) is 6.81. The van der Waals surface area contributed by atoms with Crippen molar-refractivity contribution in [2.24, 2.45) is 5.92 Å². The molecular weight excluding hydrogens is 354 g/mol. The standard InChI is InChI=1S/C21H35N5O2/c1-16-20(24-15-23-16)14-25-8-6-18(7-9-25)26-10-4-17(5-11-26)21(27)22-13-19-3-2-12-28-19/h15,17-19H,2-14H2,1H3,(H,22,27)(H,23,24)/t19-/m0/s1. The molecule has 1 aromatic heterocycles. The van der Waals surface area contributed by atoms with Crippen molar-refractivity contribution >= 4 is 5.91 Å². The third-order valence-corrected chi connectivity index (χ3v) is 6.81. The Hall–Kier alpha value is -1.44. The van der Waals surface area contributed by atoms with E-state index < -0.39 is 0 Å². The number of amides is 1. The Kier molecular flexibility index (Phi) is 6.65. The van der Waals surface area contributed by atoms with Gasteiger partial charge < -0.3 is 19.9 Å². The van der Waals surface area contributed by atoms with Crippen molar-refractivity contribution in [3.05, 3.63) is 17.7 Å². The summed E-state index contributed by atoms with van der Waals surface area (Å²) >= 11 is 0. The van der Waals surface area contributed by atoms with E-state index in [-0.39, 0.29) is 17.9 Å². The first-order valence-electron chi connectivity index (χ1n) is 11.0. The molecule has 1 aromatic rings. The van der Waals surface area contributed by atoms with E-state index in [9.17, 15) is 4.79 Å². The molecule has 0 bridgehead atoms. The Bertz CT molecular complexity index is 626. The molecule has 4 heterocycles. The molecule has 28 heavy (non-hydrogen) atoms. The van der Waals surface area contributed by atoms with Crippen LogP contribution in [0.3, 0.4) is 0 Å². The molecule has 0 unspecified atom stereocenters. The summed E-state index contributed by atoms with van der Waals surface area (Å²) in [5.41, 5.74) is 2.36. The minimum atomic E-state index is 0.181. The highest BCUT2D eigenvalue weighted by atomic mass is 16.5. The average molecular weight is 390 g/mol. The number of hydrogen-bond donors (Lipinski definition) is 2. The monoisotopic (exact) mass is 389 g/mol. The second-order valence-electron chi connectivity index (χ2n) is 8.67. The largest absolute Gasteiger partial charge is 0.376 e. The van der Waals surface area contributed by atoms with E-state index in [1.807, 2.05) is 0 Å². The van der Waals surface area contributed by atoms with Crippen molar-refractivity contribution in [1.82, 2.24) is 25.1 Å². The number of rotatable bonds is 6.